The van der Waals surface area contributed by atoms with Crippen molar-refractivity contribution in [1.82, 2.24) is 0 Å². The van der Waals surface area contributed by atoms with Crippen LogP contribution in [0.25, 0.3) is 0 Å². The summed E-state index contributed by atoms with van der Waals surface area (Å²) in [6.45, 7) is 7.23. The Kier molecular flexibility index (Phi) is 3.87. The van der Waals surface area contributed by atoms with Crippen LogP contribution in [0.1, 0.15) is 66.3 Å². The predicted octanol–water partition coefficient (Wildman–Crippen LogP) is 5.47. The van der Waals surface area contributed by atoms with Gasteiger partial charge >= 0.3 is 0 Å². The molecule has 3 rings (SSSR count). The van der Waals surface area contributed by atoms with Crippen LogP contribution >= 0.6 is 12.2 Å². The highest BCUT2D eigenvalue weighted by Gasteiger charge is 2.55. The average molecular weight is 318 g/mol. The minimum absolute atomic E-state index is 0. The first-order valence-corrected chi connectivity index (χ1v) is 9.10. The number of fused-ring (bicyclic) bond motifs is 2. The lowest BCUT2D eigenvalue weighted by Gasteiger charge is -2.58. The van der Waals surface area contributed by atoms with E-state index in [1.807, 2.05) is 0 Å². The first-order chi connectivity index (χ1) is 10.3. The van der Waals surface area contributed by atoms with Gasteiger partial charge in [0.25, 0.3) is 0 Å². The summed E-state index contributed by atoms with van der Waals surface area (Å²) >= 11 is 5.57. The van der Waals surface area contributed by atoms with Crippen LogP contribution in [-0.4, -0.2) is 4.99 Å². The fourth-order valence-electron chi connectivity index (χ4n) is 5.11. The van der Waals surface area contributed by atoms with Crippen molar-refractivity contribution >= 4 is 17.2 Å². The molecule has 2 bridgehead atoms. The standard InChI is InChI=1S/C20H29NS.H2/c1-4-19(15-8-6-5-7-9-15)12-16-13-20(14-19,17(21)22)11-10-18(16,2)3;/h5-9,16H,4,10-14H2,1-3H3,(H2,21,22);1H. The van der Waals surface area contributed by atoms with Crippen LogP contribution in [0, 0.1) is 16.7 Å². The second-order valence-corrected chi connectivity index (χ2v) is 8.85. The van der Waals surface area contributed by atoms with E-state index in [9.17, 15) is 0 Å². The Bertz CT molecular complexity index is 570. The molecule has 3 atom stereocenters. The second kappa shape index (κ2) is 5.33. The van der Waals surface area contributed by atoms with Gasteiger partial charge in [0.15, 0.2) is 0 Å². The third kappa shape index (κ3) is 2.40. The Balaban J connectivity index is 0.00000192. The molecule has 2 heteroatoms. The third-order valence-electron chi connectivity index (χ3n) is 6.89. The Morgan fingerprint density at radius 3 is 2.50 bits per heavy atom. The normalized spacial score (nSPS) is 36.8. The van der Waals surface area contributed by atoms with E-state index in [-0.39, 0.29) is 12.3 Å². The van der Waals surface area contributed by atoms with Crippen molar-refractivity contribution in [1.29, 1.82) is 0 Å². The summed E-state index contributed by atoms with van der Waals surface area (Å²) in [6, 6.07) is 11.1. The van der Waals surface area contributed by atoms with Gasteiger partial charge in [-0.25, -0.2) is 0 Å². The van der Waals surface area contributed by atoms with Crippen LogP contribution in [0.5, 0.6) is 0 Å². The maximum Gasteiger partial charge on any atom is 0.0790 e. The fraction of sp³-hybridized carbons (Fsp3) is 0.650. The van der Waals surface area contributed by atoms with Crippen molar-refractivity contribution < 1.29 is 1.43 Å². The molecule has 22 heavy (non-hydrogen) atoms. The van der Waals surface area contributed by atoms with E-state index < -0.39 is 0 Å². The average Bonchev–Trinajstić information content (AvgIpc) is 2.52. The quantitative estimate of drug-likeness (QED) is 0.748. The second-order valence-electron chi connectivity index (χ2n) is 8.42. The van der Waals surface area contributed by atoms with Crippen molar-refractivity contribution in [2.24, 2.45) is 22.5 Å². The van der Waals surface area contributed by atoms with E-state index in [0.717, 1.165) is 17.3 Å². The molecule has 0 aliphatic heterocycles. The minimum atomic E-state index is 0. The monoisotopic (exact) mass is 317 g/mol. The first kappa shape index (κ1) is 16.0. The van der Waals surface area contributed by atoms with Crippen molar-refractivity contribution in [3.63, 3.8) is 0 Å². The van der Waals surface area contributed by atoms with Gasteiger partial charge in [-0.1, -0.05) is 63.3 Å². The molecular formula is C20H31NS. The van der Waals surface area contributed by atoms with Gasteiger partial charge in [0.05, 0.1) is 4.99 Å². The summed E-state index contributed by atoms with van der Waals surface area (Å²) in [5.74, 6) is 0.719. The summed E-state index contributed by atoms with van der Waals surface area (Å²) in [7, 11) is 0. The van der Waals surface area contributed by atoms with E-state index in [1.165, 1.54) is 37.7 Å². The van der Waals surface area contributed by atoms with Gasteiger partial charge in [0.2, 0.25) is 0 Å². The number of nitrogens with two attached hydrogens (primary N) is 1. The number of thiocarbonyl (C=S) groups is 1. The summed E-state index contributed by atoms with van der Waals surface area (Å²) in [5.41, 5.74) is 8.50. The van der Waals surface area contributed by atoms with Gasteiger partial charge in [-0.3, -0.25) is 0 Å². The Labute approximate surface area is 142 Å². The molecule has 122 valence electrons. The van der Waals surface area contributed by atoms with Gasteiger partial charge in [-0.15, -0.1) is 0 Å². The van der Waals surface area contributed by atoms with E-state index in [1.54, 1.807) is 0 Å². The SMILES string of the molecule is CCC1(c2ccccc2)CC2CC(C(N)=S)(CCC2(C)C)C1.[HH]. The minimum Gasteiger partial charge on any atom is -0.393 e. The lowest BCUT2D eigenvalue weighted by atomic mass is 9.46. The van der Waals surface area contributed by atoms with Crippen molar-refractivity contribution in [3.8, 4) is 0 Å². The summed E-state index contributed by atoms with van der Waals surface area (Å²) in [4.78, 5) is 0.765. The van der Waals surface area contributed by atoms with Crippen LogP contribution < -0.4 is 5.73 Å². The van der Waals surface area contributed by atoms with Gasteiger partial charge in [0, 0.05) is 6.84 Å². The molecule has 2 fully saturated rings. The zero-order chi connectivity index (χ0) is 16.0. The maximum absolute atomic E-state index is 6.28. The highest BCUT2D eigenvalue weighted by atomic mass is 32.1. The molecular weight excluding hydrogens is 286 g/mol. The van der Waals surface area contributed by atoms with E-state index in [0.29, 0.717) is 5.41 Å². The zero-order valence-electron chi connectivity index (χ0n) is 14.2. The molecule has 1 nitrogen and oxygen atoms in total. The highest BCUT2D eigenvalue weighted by molar-refractivity contribution is 7.80. The molecule has 0 heterocycles. The molecule has 0 amide bonds. The van der Waals surface area contributed by atoms with E-state index >= 15 is 0 Å². The zero-order valence-corrected chi connectivity index (χ0v) is 15.0. The molecule has 2 aliphatic carbocycles. The predicted molar refractivity (Wildman–Crippen MR) is 100 cm³/mol. The maximum atomic E-state index is 6.28. The smallest absolute Gasteiger partial charge is 0.0790 e. The topological polar surface area (TPSA) is 26.0 Å². The highest BCUT2D eigenvalue weighted by Crippen LogP contribution is 2.62. The molecule has 3 unspecified atom stereocenters. The van der Waals surface area contributed by atoms with Gasteiger partial charge in [-0.05, 0) is 60.8 Å². The van der Waals surface area contributed by atoms with Crippen molar-refractivity contribution in [3.05, 3.63) is 35.9 Å². The van der Waals surface area contributed by atoms with E-state index in [2.05, 4.69) is 51.1 Å². The molecule has 0 spiro atoms. The summed E-state index contributed by atoms with van der Waals surface area (Å²) in [6.07, 6.45) is 7.22. The molecule has 2 N–H and O–H groups in total. The molecule has 1 aromatic carbocycles. The Morgan fingerprint density at radius 2 is 1.91 bits per heavy atom. The molecule has 1 aromatic rings. The van der Waals surface area contributed by atoms with Crippen LogP contribution in [-0.2, 0) is 5.41 Å². The van der Waals surface area contributed by atoms with Crippen LogP contribution in [0.4, 0.5) is 0 Å². The Morgan fingerprint density at radius 1 is 1.23 bits per heavy atom. The third-order valence-corrected chi connectivity index (χ3v) is 7.32. The number of hydrogen-bond donors (Lipinski definition) is 1. The van der Waals surface area contributed by atoms with Gasteiger partial charge < -0.3 is 5.73 Å². The Hall–Kier alpha value is -0.890. The summed E-state index contributed by atoms with van der Waals surface area (Å²) in [5, 5.41) is 0. The number of benzene rings is 1. The first-order valence-electron chi connectivity index (χ1n) is 8.69. The molecule has 2 saturated carbocycles. The molecule has 0 aromatic heterocycles. The molecule has 0 radical (unpaired) electrons. The lowest BCUT2D eigenvalue weighted by Crippen LogP contribution is -2.54. The lowest BCUT2D eigenvalue weighted by molar-refractivity contribution is -0.0144. The molecule has 0 saturated heterocycles. The van der Waals surface area contributed by atoms with Crippen LogP contribution in [0.15, 0.2) is 30.3 Å². The van der Waals surface area contributed by atoms with Gasteiger partial charge in [-0.2, -0.15) is 0 Å². The fourth-order valence-corrected chi connectivity index (χ4v) is 5.37. The van der Waals surface area contributed by atoms with Gasteiger partial charge in [0.1, 0.15) is 0 Å². The summed E-state index contributed by atoms with van der Waals surface area (Å²) < 4.78 is 0. The largest absolute Gasteiger partial charge is 0.393 e. The van der Waals surface area contributed by atoms with Crippen molar-refractivity contribution in [2.45, 2.75) is 64.7 Å². The molecule has 2 aliphatic rings. The van der Waals surface area contributed by atoms with Crippen molar-refractivity contribution in [2.75, 3.05) is 0 Å². The number of rotatable bonds is 3. The van der Waals surface area contributed by atoms with Crippen LogP contribution in [0.2, 0.25) is 0 Å². The number of hydrogen-bond acceptors (Lipinski definition) is 1. The van der Waals surface area contributed by atoms with E-state index in [4.69, 9.17) is 18.0 Å². The van der Waals surface area contributed by atoms with Crippen LogP contribution in [0.3, 0.4) is 0 Å².